The van der Waals surface area contributed by atoms with Crippen molar-refractivity contribution in [2.24, 2.45) is 0 Å². The van der Waals surface area contributed by atoms with E-state index in [1.807, 2.05) is 0 Å². The molecule has 0 bridgehead atoms. The lowest BCUT2D eigenvalue weighted by molar-refractivity contribution is -0.894. The first-order chi connectivity index (χ1) is 12.9. The van der Waals surface area contributed by atoms with E-state index in [4.69, 9.17) is 15.1 Å². The third-order valence-corrected chi connectivity index (χ3v) is 6.08. The van der Waals surface area contributed by atoms with Gasteiger partial charge in [-0.05, 0) is 57.8 Å². The fraction of sp³-hybridized carbons (Fsp3) is 1.00. The van der Waals surface area contributed by atoms with Crippen LogP contribution in [0, 0.1) is 0 Å². The van der Waals surface area contributed by atoms with Gasteiger partial charge in [0.05, 0.1) is 81.6 Å². The summed E-state index contributed by atoms with van der Waals surface area (Å²) in [5.41, 5.74) is 0. The van der Waals surface area contributed by atoms with Crippen molar-refractivity contribution in [3.05, 3.63) is 0 Å². The zero-order valence-electron chi connectivity index (χ0n) is 19.8. The molecule has 0 spiro atoms. The number of hydrogen-bond donors (Lipinski definition) is 0. The molecule has 0 radical (unpaired) electrons. The van der Waals surface area contributed by atoms with Crippen LogP contribution in [-0.2, 0) is 0 Å². The van der Waals surface area contributed by atoms with Gasteiger partial charge in [0.1, 0.15) is 0 Å². The minimum absolute atomic E-state index is 1.25. The Hall–Kier alpha value is -0.175. The lowest BCUT2D eigenvalue weighted by atomic mass is 10.1. The van der Waals surface area contributed by atoms with Crippen molar-refractivity contribution in [2.45, 2.75) is 57.8 Å². The number of piperidine rings is 3. The number of quaternary nitrogens is 3. The molecule has 3 heterocycles. The highest BCUT2D eigenvalue weighted by molar-refractivity contribution is 6.24. The van der Waals surface area contributed by atoms with E-state index < -0.39 is 7.32 Å². The molecule has 6 nitrogen and oxygen atoms in total. The topological polar surface area (TPSA) is 69.2 Å². The van der Waals surface area contributed by atoms with Gasteiger partial charge in [0.25, 0.3) is 0 Å². The monoisotopic (exact) mass is 401 g/mol. The molecule has 168 valence electrons. The third-order valence-electron chi connectivity index (χ3n) is 6.08. The molecule has 3 rings (SSSR count). The SMILES string of the molecule is C[N+]1(C)CCCCC1.C[N+]1(C)CCCCC1.C[N+]1(C)CCCCC1.[O-]B([O-])[O-]. The van der Waals surface area contributed by atoms with Gasteiger partial charge in [0.15, 0.2) is 0 Å². The minimum atomic E-state index is -2.92. The average Bonchev–Trinajstić information content (AvgIpc) is 2.55. The van der Waals surface area contributed by atoms with Crippen molar-refractivity contribution < 1.29 is 28.5 Å². The van der Waals surface area contributed by atoms with Crippen molar-refractivity contribution in [1.29, 1.82) is 0 Å². The predicted molar refractivity (Wildman–Crippen MR) is 113 cm³/mol. The van der Waals surface area contributed by atoms with Crippen LogP contribution in [0.4, 0.5) is 0 Å². The number of likely N-dealkylation sites (tertiary alicyclic amines) is 3. The summed E-state index contributed by atoms with van der Waals surface area (Å²) in [6.45, 7) is 8.33. The first-order valence-electron chi connectivity index (χ1n) is 11.3. The molecule has 28 heavy (non-hydrogen) atoms. The normalized spacial score (nSPS) is 24.8. The molecule has 0 aromatic heterocycles. The largest absolute Gasteiger partial charge is 0.907 e. The van der Waals surface area contributed by atoms with Gasteiger partial charge in [-0.2, -0.15) is 0 Å². The highest BCUT2D eigenvalue weighted by Gasteiger charge is 2.19. The summed E-state index contributed by atoms with van der Waals surface area (Å²) in [5, 5.41) is 25.2. The summed E-state index contributed by atoms with van der Waals surface area (Å²) in [6.07, 6.45) is 13.0. The van der Waals surface area contributed by atoms with Crippen molar-refractivity contribution in [3.63, 3.8) is 0 Å². The van der Waals surface area contributed by atoms with E-state index in [1.54, 1.807) is 0 Å². The minimum Gasteiger partial charge on any atom is -0.907 e. The van der Waals surface area contributed by atoms with Crippen LogP contribution in [0.3, 0.4) is 0 Å². The van der Waals surface area contributed by atoms with Crippen molar-refractivity contribution in [2.75, 3.05) is 81.6 Å². The van der Waals surface area contributed by atoms with Crippen LogP contribution in [0.1, 0.15) is 57.8 Å². The second kappa shape index (κ2) is 13.9. The molecule has 0 aliphatic carbocycles. The van der Waals surface area contributed by atoms with Crippen LogP contribution >= 0.6 is 0 Å². The van der Waals surface area contributed by atoms with Gasteiger partial charge in [-0.15, -0.1) is 0 Å². The summed E-state index contributed by atoms with van der Waals surface area (Å²) < 4.78 is 3.75. The Morgan fingerprint density at radius 1 is 0.393 bits per heavy atom. The highest BCUT2D eigenvalue weighted by Crippen LogP contribution is 2.13. The standard InChI is InChI=1S/3C7H16N.BO3/c3*1-8(2)6-4-3-5-7-8;2-1(3)4/h3*3-7H2,1-2H3;/q3*+1;-3. The van der Waals surface area contributed by atoms with E-state index in [9.17, 15) is 0 Å². The van der Waals surface area contributed by atoms with Crippen LogP contribution in [0.15, 0.2) is 0 Å². The van der Waals surface area contributed by atoms with Gasteiger partial charge >= 0.3 is 0 Å². The van der Waals surface area contributed by atoms with Crippen molar-refractivity contribution in [1.82, 2.24) is 0 Å². The first kappa shape index (κ1) is 27.8. The Bertz CT molecular complexity index is 312. The molecule has 0 aromatic rings. The fourth-order valence-electron chi connectivity index (χ4n) is 4.10. The number of hydrogen-bond acceptors (Lipinski definition) is 3. The van der Waals surface area contributed by atoms with Gasteiger partial charge in [-0.25, -0.2) is 0 Å². The van der Waals surface area contributed by atoms with Crippen LogP contribution < -0.4 is 15.1 Å². The van der Waals surface area contributed by atoms with Gasteiger partial charge < -0.3 is 28.5 Å². The summed E-state index contributed by atoms with van der Waals surface area (Å²) >= 11 is 0. The Morgan fingerprint density at radius 3 is 0.607 bits per heavy atom. The molecule has 0 amide bonds. The zero-order valence-corrected chi connectivity index (χ0v) is 19.8. The maximum Gasteiger partial charge on any atom is 0.0782 e. The van der Waals surface area contributed by atoms with Crippen molar-refractivity contribution >= 4 is 7.32 Å². The Kier molecular flexibility index (Phi) is 13.9. The molecule has 0 atom stereocenters. The van der Waals surface area contributed by atoms with Gasteiger partial charge in [0.2, 0.25) is 0 Å². The molecule has 3 saturated heterocycles. The van der Waals surface area contributed by atoms with Crippen LogP contribution in [-0.4, -0.2) is 102 Å². The molecule has 0 saturated carbocycles. The molecule has 0 aromatic carbocycles. The molecule has 0 unspecified atom stereocenters. The van der Waals surface area contributed by atoms with Crippen LogP contribution in [0.25, 0.3) is 0 Å². The first-order valence-corrected chi connectivity index (χ1v) is 11.3. The lowest BCUT2D eigenvalue weighted by Gasteiger charge is -2.35. The van der Waals surface area contributed by atoms with E-state index >= 15 is 0 Å². The highest BCUT2D eigenvalue weighted by atomic mass is 16.5. The summed E-state index contributed by atoms with van der Waals surface area (Å²) in [7, 11) is 11.0. The number of rotatable bonds is 0. The van der Waals surface area contributed by atoms with E-state index in [-0.39, 0.29) is 0 Å². The lowest BCUT2D eigenvalue weighted by Crippen LogP contribution is -2.56. The fourth-order valence-corrected chi connectivity index (χ4v) is 4.10. The molecule has 7 heteroatoms. The quantitative estimate of drug-likeness (QED) is 0.417. The molecule has 0 N–H and O–H groups in total. The zero-order chi connectivity index (χ0) is 21.7. The van der Waals surface area contributed by atoms with Gasteiger partial charge in [-0.1, -0.05) is 0 Å². The second-order valence-electron chi connectivity index (χ2n) is 10.6. The van der Waals surface area contributed by atoms with E-state index in [2.05, 4.69) is 42.3 Å². The Labute approximate surface area is 175 Å². The summed E-state index contributed by atoms with van der Waals surface area (Å²) in [5.74, 6) is 0. The molecular formula is C21H48BN3O3. The third kappa shape index (κ3) is 17.9. The molecule has 3 fully saturated rings. The van der Waals surface area contributed by atoms with Crippen LogP contribution in [0.2, 0.25) is 0 Å². The smallest absolute Gasteiger partial charge is 0.0782 e. The van der Waals surface area contributed by atoms with E-state index in [1.165, 1.54) is 111 Å². The Morgan fingerprint density at radius 2 is 0.536 bits per heavy atom. The predicted octanol–water partition coefficient (Wildman–Crippen LogP) is -0.208. The average molecular weight is 401 g/mol. The molecule has 3 aliphatic rings. The van der Waals surface area contributed by atoms with Crippen molar-refractivity contribution in [3.8, 4) is 0 Å². The van der Waals surface area contributed by atoms with E-state index in [0.29, 0.717) is 0 Å². The van der Waals surface area contributed by atoms with E-state index in [0.717, 1.165) is 0 Å². The van der Waals surface area contributed by atoms with Gasteiger partial charge in [-0.3, -0.25) is 7.32 Å². The molecule has 3 aliphatic heterocycles. The van der Waals surface area contributed by atoms with Gasteiger partial charge in [0, 0.05) is 0 Å². The maximum absolute atomic E-state index is 8.42. The number of nitrogens with zero attached hydrogens (tertiary/aromatic N) is 3. The maximum atomic E-state index is 8.42. The summed E-state index contributed by atoms with van der Waals surface area (Å²) in [6, 6.07) is 0. The Balaban J connectivity index is 0.000000358. The molecular weight excluding hydrogens is 353 g/mol. The summed E-state index contributed by atoms with van der Waals surface area (Å²) in [4.78, 5) is 0. The second-order valence-corrected chi connectivity index (χ2v) is 10.6. The van der Waals surface area contributed by atoms with Crippen LogP contribution in [0.5, 0.6) is 0 Å².